The number of amides is 1. The van der Waals surface area contributed by atoms with E-state index >= 15 is 0 Å². The van der Waals surface area contributed by atoms with Crippen LogP contribution in [0.25, 0.3) is 0 Å². The number of carbonyl (C=O) groups excluding carboxylic acids is 1. The normalized spacial score (nSPS) is 16.5. The third-order valence-electron chi connectivity index (χ3n) is 3.14. The molecule has 1 heterocycles. The molecule has 6 heteroatoms. The summed E-state index contributed by atoms with van der Waals surface area (Å²) >= 11 is 0. The molecular formula is C12H16N2O3S. The van der Waals surface area contributed by atoms with E-state index in [0.717, 1.165) is 11.3 Å². The Morgan fingerprint density at radius 1 is 1.44 bits per heavy atom. The number of anilines is 1. The Morgan fingerprint density at radius 3 is 2.67 bits per heavy atom. The first-order chi connectivity index (χ1) is 8.34. The average Bonchev–Trinajstić information content (AvgIpc) is 2.71. The number of nitrogens with two attached hydrogens (primary N) is 1. The number of rotatable bonds is 2. The van der Waals surface area contributed by atoms with Crippen molar-refractivity contribution in [3.8, 4) is 0 Å². The molecule has 18 heavy (non-hydrogen) atoms. The van der Waals surface area contributed by atoms with E-state index in [4.69, 9.17) is 5.73 Å². The topological polar surface area (TPSA) is 80.5 Å². The fourth-order valence-corrected chi connectivity index (χ4v) is 3.09. The number of sulfone groups is 1. The van der Waals surface area contributed by atoms with Crippen LogP contribution in [0.3, 0.4) is 0 Å². The van der Waals surface area contributed by atoms with Crippen LogP contribution in [0.5, 0.6) is 0 Å². The Bertz CT molecular complexity index is 593. The van der Waals surface area contributed by atoms with Gasteiger partial charge in [0.1, 0.15) is 5.37 Å². The van der Waals surface area contributed by atoms with Crippen molar-refractivity contribution in [2.45, 2.75) is 30.5 Å². The van der Waals surface area contributed by atoms with E-state index in [1.54, 1.807) is 17.0 Å². The van der Waals surface area contributed by atoms with Crippen LogP contribution in [0.1, 0.15) is 19.4 Å². The third-order valence-corrected chi connectivity index (χ3v) is 5.03. The van der Waals surface area contributed by atoms with Gasteiger partial charge in [0.2, 0.25) is 5.91 Å². The van der Waals surface area contributed by atoms with Crippen molar-refractivity contribution in [3.05, 3.63) is 23.8 Å². The van der Waals surface area contributed by atoms with Gasteiger partial charge in [0, 0.05) is 19.2 Å². The second kappa shape index (κ2) is 4.37. The molecule has 0 radical (unpaired) electrons. The molecule has 1 aliphatic heterocycles. The average molecular weight is 268 g/mol. The molecule has 1 aromatic rings. The van der Waals surface area contributed by atoms with Crippen LogP contribution < -0.4 is 10.6 Å². The van der Waals surface area contributed by atoms with Crippen molar-refractivity contribution in [2.24, 2.45) is 5.73 Å². The smallest absolute Gasteiger partial charge is 0.223 e. The van der Waals surface area contributed by atoms with Gasteiger partial charge in [-0.1, -0.05) is 0 Å². The lowest BCUT2D eigenvalue weighted by Crippen LogP contribution is -2.27. The summed E-state index contributed by atoms with van der Waals surface area (Å²) in [7, 11) is -3.46. The molecule has 5 nitrogen and oxygen atoms in total. The van der Waals surface area contributed by atoms with Crippen molar-refractivity contribution in [3.63, 3.8) is 0 Å². The lowest BCUT2D eigenvalue weighted by molar-refractivity contribution is -0.116. The van der Waals surface area contributed by atoms with Crippen LogP contribution >= 0.6 is 0 Å². The van der Waals surface area contributed by atoms with Crippen LogP contribution in [0, 0.1) is 0 Å². The van der Waals surface area contributed by atoms with Crippen LogP contribution in [0.4, 0.5) is 5.69 Å². The molecular weight excluding hydrogens is 252 g/mol. The van der Waals surface area contributed by atoms with Crippen molar-refractivity contribution < 1.29 is 13.2 Å². The number of nitrogens with zero attached hydrogens (tertiary/aromatic N) is 1. The zero-order valence-electron chi connectivity index (χ0n) is 10.4. The second-order valence-electron chi connectivity index (χ2n) is 4.46. The lowest BCUT2D eigenvalue weighted by Gasteiger charge is -2.15. The molecule has 1 aromatic carbocycles. The van der Waals surface area contributed by atoms with Gasteiger partial charge in [-0.25, -0.2) is 8.42 Å². The molecule has 0 bridgehead atoms. The molecule has 1 atom stereocenters. The first-order valence-corrected chi connectivity index (χ1v) is 7.29. The number of hydrogen-bond acceptors (Lipinski definition) is 4. The van der Waals surface area contributed by atoms with E-state index in [1.807, 2.05) is 0 Å². The summed E-state index contributed by atoms with van der Waals surface area (Å²) in [6, 6.07) is 4.81. The summed E-state index contributed by atoms with van der Waals surface area (Å²) < 4.78 is 23.9. The Labute approximate surface area is 107 Å². The molecule has 0 aromatic heterocycles. The maximum absolute atomic E-state index is 11.9. The fraction of sp³-hybridized carbons (Fsp3) is 0.417. The number of benzene rings is 1. The highest BCUT2D eigenvalue weighted by atomic mass is 32.2. The van der Waals surface area contributed by atoms with Gasteiger partial charge < -0.3 is 10.6 Å². The quantitative estimate of drug-likeness (QED) is 0.855. The van der Waals surface area contributed by atoms with E-state index in [0.29, 0.717) is 13.0 Å². The summed E-state index contributed by atoms with van der Waals surface area (Å²) in [6.07, 6.45) is 0.678. The molecule has 98 valence electrons. The summed E-state index contributed by atoms with van der Waals surface area (Å²) in [6.45, 7) is 3.55. The van der Waals surface area contributed by atoms with Crippen LogP contribution in [0.2, 0.25) is 0 Å². The SMILES string of the molecule is CC(=O)N1CCc2cc(S(=O)(=O)C(C)N)ccc21. The van der Waals surface area contributed by atoms with Gasteiger partial charge >= 0.3 is 0 Å². The molecule has 1 amide bonds. The maximum Gasteiger partial charge on any atom is 0.223 e. The summed E-state index contributed by atoms with van der Waals surface area (Å²) in [5, 5.41) is -0.930. The zero-order valence-corrected chi connectivity index (χ0v) is 11.2. The first-order valence-electron chi connectivity index (χ1n) is 5.74. The fourth-order valence-electron chi connectivity index (χ4n) is 2.10. The van der Waals surface area contributed by atoms with Crippen LogP contribution in [-0.2, 0) is 21.1 Å². The first kappa shape index (κ1) is 13.0. The largest absolute Gasteiger partial charge is 0.315 e. The Balaban J connectivity index is 2.46. The van der Waals surface area contributed by atoms with Gasteiger partial charge in [0.05, 0.1) is 4.90 Å². The molecule has 0 aliphatic carbocycles. The molecule has 0 saturated carbocycles. The van der Waals surface area contributed by atoms with Crippen LogP contribution in [-0.4, -0.2) is 26.2 Å². The van der Waals surface area contributed by atoms with Gasteiger partial charge in [-0.05, 0) is 37.1 Å². The second-order valence-corrected chi connectivity index (χ2v) is 6.77. The molecule has 1 unspecified atom stereocenters. The molecule has 2 rings (SSSR count). The van der Waals surface area contributed by atoms with Gasteiger partial charge in [-0.15, -0.1) is 0 Å². The van der Waals surface area contributed by atoms with Gasteiger partial charge in [0.15, 0.2) is 9.84 Å². The van der Waals surface area contributed by atoms with Crippen molar-refractivity contribution in [1.29, 1.82) is 0 Å². The lowest BCUT2D eigenvalue weighted by atomic mass is 10.2. The monoisotopic (exact) mass is 268 g/mol. The number of carbonyl (C=O) groups is 1. The van der Waals surface area contributed by atoms with Gasteiger partial charge in [-0.3, -0.25) is 4.79 Å². The van der Waals surface area contributed by atoms with Gasteiger partial charge in [0.25, 0.3) is 0 Å². The predicted octanol–water partition coefficient (Wildman–Crippen LogP) is 0.674. The highest BCUT2D eigenvalue weighted by Crippen LogP contribution is 2.30. The molecule has 2 N–H and O–H groups in total. The highest BCUT2D eigenvalue weighted by Gasteiger charge is 2.26. The molecule has 0 spiro atoms. The third kappa shape index (κ3) is 2.02. The van der Waals surface area contributed by atoms with E-state index in [1.165, 1.54) is 19.9 Å². The summed E-state index contributed by atoms with van der Waals surface area (Å²) in [5.74, 6) is -0.0310. The van der Waals surface area contributed by atoms with E-state index in [2.05, 4.69) is 0 Å². The van der Waals surface area contributed by atoms with E-state index in [9.17, 15) is 13.2 Å². The highest BCUT2D eigenvalue weighted by molar-refractivity contribution is 7.92. The summed E-state index contributed by atoms with van der Waals surface area (Å²) in [5.41, 5.74) is 7.15. The number of hydrogen-bond donors (Lipinski definition) is 1. The maximum atomic E-state index is 11.9. The van der Waals surface area contributed by atoms with Crippen LogP contribution in [0.15, 0.2) is 23.1 Å². The Morgan fingerprint density at radius 2 is 2.11 bits per heavy atom. The number of fused-ring (bicyclic) bond motifs is 1. The molecule has 0 saturated heterocycles. The predicted molar refractivity (Wildman–Crippen MR) is 69.0 cm³/mol. The van der Waals surface area contributed by atoms with E-state index < -0.39 is 15.2 Å². The Hall–Kier alpha value is -1.40. The minimum absolute atomic E-state index is 0.0310. The Kier molecular flexibility index (Phi) is 3.16. The van der Waals surface area contributed by atoms with Crippen molar-refractivity contribution >= 4 is 21.4 Å². The molecule has 0 fully saturated rings. The standard InChI is InChI=1S/C12H16N2O3S/c1-8(13)18(16,17)11-3-4-12-10(7-11)5-6-14(12)9(2)15/h3-4,7-8H,5-6,13H2,1-2H3. The van der Waals surface area contributed by atoms with Gasteiger partial charge in [-0.2, -0.15) is 0 Å². The van der Waals surface area contributed by atoms with Crippen molar-refractivity contribution in [1.82, 2.24) is 0 Å². The van der Waals surface area contributed by atoms with Crippen molar-refractivity contribution in [2.75, 3.05) is 11.4 Å². The van der Waals surface area contributed by atoms with E-state index in [-0.39, 0.29) is 10.8 Å². The zero-order chi connectivity index (χ0) is 13.5. The minimum atomic E-state index is -3.46. The minimum Gasteiger partial charge on any atom is -0.315 e. The molecule has 1 aliphatic rings. The summed E-state index contributed by atoms with van der Waals surface area (Å²) in [4.78, 5) is 13.3.